The quantitative estimate of drug-likeness (QED) is 0.826. The zero-order valence-electron chi connectivity index (χ0n) is 10.8. The number of sulfonamides is 1. The second-order valence-corrected chi connectivity index (χ2v) is 6.81. The van der Waals surface area contributed by atoms with Gasteiger partial charge in [-0.05, 0) is 13.1 Å². The molecule has 1 aromatic heterocycles. The normalized spacial score (nSPS) is 11.6. The van der Waals surface area contributed by atoms with Crippen LogP contribution in [-0.2, 0) is 16.6 Å². The molecule has 0 unspecified atom stereocenters. The van der Waals surface area contributed by atoms with Crippen molar-refractivity contribution in [1.82, 2.24) is 5.32 Å². The van der Waals surface area contributed by atoms with Crippen LogP contribution in [0.5, 0.6) is 0 Å². The minimum atomic E-state index is -4.11. The summed E-state index contributed by atoms with van der Waals surface area (Å²) in [6.07, 6.45) is 0. The first-order chi connectivity index (χ1) is 9.83. The van der Waals surface area contributed by atoms with Crippen molar-refractivity contribution in [3.63, 3.8) is 0 Å². The van der Waals surface area contributed by atoms with Gasteiger partial charge >= 0.3 is 0 Å². The maximum atomic E-state index is 13.5. The van der Waals surface area contributed by atoms with Crippen molar-refractivity contribution >= 4 is 27.0 Å². The van der Waals surface area contributed by atoms with Crippen LogP contribution in [0.1, 0.15) is 4.88 Å². The third kappa shape index (κ3) is 3.55. The van der Waals surface area contributed by atoms with Gasteiger partial charge in [-0.15, -0.1) is 11.3 Å². The lowest BCUT2D eigenvalue weighted by molar-refractivity contribution is 0.498. The van der Waals surface area contributed by atoms with E-state index in [-0.39, 0.29) is 4.90 Å². The van der Waals surface area contributed by atoms with Gasteiger partial charge in [0.05, 0.1) is 10.6 Å². The summed E-state index contributed by atoms with van der Waals surface area (Å²) in [6.45, 7) is 0.475. The lowest BCUT2D eigenvalue weighted by atomic mass is 10.3. The number of thiophene rings is 1. The molecule has 0 spiro atoms. The molecule has 9 heteroatoms. The van der Waals surface area contributed by atoms with Crippen LogP contribution in [0.3, 0.4) is 0 Å². The van der Waals surface area contributed by atoms with Gasteiger partial charge in [0, 0.05) is 28.9 Å². The molecule has 2 rings (SSSR count). The van der Waals surface area contributed by atoms with Crippen LogP contribution in [0.2, 0.25) is 0 Å². The fraction of sp³-hybridized carbons (Fsp3) is 0.167. The fourth-order valence-electron chi connectivity index (χ4n) is 1.60. The van der Waals surface area contributed by atoms with E-state index in [2.05, 4.69) is 5.32 Å². The third-order valence-corrected chi connectivity index (χ3v) is 4.96. The molecule has 0 bridgehead atoms. The molecule has 21 heavy (non-hydrogen) atoms. The van der Waals surface area contributed by atoms with Gasteiger partial charge in [0.15, 0.2) is 11.6 Å². The Hall–Kier alpha value is -1.58. The van der Waals surface area contributed by atoms with Crippen LogP contribution in [0.4, 0.5) is 18.9 Å². The minimum Gasteiger partial charge on any atom is -0.315 e. The monoisotopic (exact) mass is 336 g/mol. The molecule has 0 aliphatic heterocycles. The molecule has 1 aromatic carbocycles. The van der Waals surface area contributed by atoms with Gasteiger partial charge in [0.2, 0.25) is 0 Å². The highest BCUT2D eigenvalue weighted by atomic mass is 32.2. The van der Waals surface area contributed by atoms with Crippen molar-refractivity contribution in [2.24, 2.45) is 0 Å². The summed E-state index contributed by atoms with van der Waals surface area (Å²) in [6, 6.07) is 2.32. The maximum absolute atomic E-state index is 13.5. The summed E-state index contributed by atoms with van der Waals surface area (Å²) in [4.78, 5) is 0.658. The minimum absolute atomic E-state index is 0.0955. The molecule has 0 radical (unpaired) electrons. The smallest absolute Gasteiger partial charge is 0.262 e. The second kappa shape index (κ2) is 6.04. The van der Waals surface area contributed by atoms with Gasteiger partial charge in [-0.3, -0.25) is 4.72 Å². The summed E-state index contributed by atoms with van der Waals surface area (Å²) >= 11 is 1.20. The lowest BCUT2D eigenvalue weighted by Gasteiger charge is -2.08. The van der Waals surface area contributed by atoms with Crippen LogP contribution < -0.4 is 10.0 Å². The van der Waals surface area contributed by atoms with E-state index in [1.807, 2.05) is 4.72 Å². The molecule has 0 aliphatic rings. The molecule has 0 atom stereocenters. The topological polar surface area (TPSA) is 58.2 Å². The molecule has 114 valence electrons. The van der Waals surface area contributed by atoms with Gasteiger partial charge in [-0.1, -0.05) is 0 Å². The molecule has 0 saturated carbocycles. The van der Waals surface area contributed by atoms with E-state index in [1.54, 1.807) is 7.05 Å². The first-order valence-electron chi connectivity index (χ1n) is 5.73. The first-order valence-corrected chi connectivity index (χ1v) is 8.09. The summed E-state index contributed by atoms with van der Waals surface area (Å²) in [5.74, 6) is -3.99. The maximum Gasteiger partial charge on any atom is 0.262 e. The number of halogens is 3. The number of nitrogens with one attached hydrogen (secondary N) is 2. The molecule has 0 saturated heterocycles. The zero-order chi connectivity index (χ0) is 15.6. The van der Waals surface area contributed by atoms with E-state index < -0.39 is 33.2 Å². The van der Waals surface area contributed by atoms with E-state index in [0.29, 0.717) is 18.7 Å². The molecular formula is C12H11F3N2O2S2. The standard InChI is InChI=1S/C12H11F3N2O2S2/c1-16-5-8-4-9(6-20-8)21(18,19)17-11-3-7(13)2-10(14)12(11)15/h2-4,6,16-17H,5H2,1H3. The predicted octanol–water partition coefficient (Wildman–Crippen LogP) is 2.69. The highest BCUT2D eigenvalue weighted by molar-refractivity contribution is 7.92. The molecular weight excluding hydrogens is 325 g/mol. The van der Waals surface area contributed by atoms with Crippen LogP contribution >= 0.6 is 11.3 Å². The van der Waals surface area contributed by atoms with Gasteiger partial charge in [0.1, 0.15) is 5.82 Å². The molecule has 1 heterocycles. The van der Waals surface area contributed by atoms with E-state index >= 15 is 0 Å². The molecule has 2 aromatic rings. The number of hydrogen-bond acceptors (Lipinski definition) is 4. The Morgan fingerprint density at radius 2 is 1.90 bits per heavy atom. The van der Waals surface area contributed by atoms with Crippen LogP contribution in [-0.4, -0.2) is 15.5 Å². The van der Waals surface area contributed by atoms with Crippen molar-refractivity contribution in [3.8, 4) is 0 Å². The van der Waals surface area contributed by atoms with Gasteiger partial charge in [-0.2, -0.15) is 0 Å². The van der Waals surface area contributed by atoms with Crippen molar-refractivity contribution < 1.29 is 21.6 Å². The van der Waals surface area contributed by atoms with Gasteiger partial charge in [0.25, 0.3) is 10.0 Å². The van der Waals surface area contributed by atoms with Crippen LogP contribution in [0, 0.1) is 17.5 Å². The van der Waals surface area contributed by atoms with E-state index in [1.165, 1.54) is 22.8 Å². The highest BCUT2D eigenvalue weighted by Crippen LogP contribution is 2.25. The Morgan fingerprint density at radius 1 is 1.19 bits per heavy atom. The Morgan fingerprint density at radius 3 is 2.57 bits per heavy atom. The molecule has 0 fully saturated rings. The Balaban J connectivity index is 2.33. The Labute approximate surface area is 123 Å². The summed E-state index contributed by atoms with van der Waals surface area (Å²) < 4.78 is 65.5. The third-order valence-electron chi connectivity index (χ3n) is 2.53. The van der Waals surface area contributed by atoms with Gasteiger partial charge in [-0.25, -0.2) is 21.6 Å². The van der Waals surface area contributed by atoms with E-state index in [9.17, 15) is 21.6 Å². The molecule has 0 aliphatic carbocycles. The summed E-state index contributed by atoms with van der Waals surface area (Å²) in [7, 11) is -2.40. The SMILES string of the molecule is CNCc1cc(S(=O)(=O)Nc2cc(F)cc(F)c2F)cs1. The van der Waals surface area contributed by atoms with E-state index in [4.69, 9.17) is 0 Å². The Bertz CT molecular complexity index is 760. The van der Waals surface area contributed by atoms with Crippen molar-refractivity contribution in [1.29, 1.82) is 0 Å². The van der Waals surface area contributed by atoms with Crippen LogP contribution in [0.15, 0.2) is 28.5 Å². The first kappa shape index (κ1) is 15.8. The average molecular weight is 336 g/mol. The van der Waals surface area contributed by atoms with Crippen LogP contribution in [0.25, 0.3) is 0 Å². The fourth-order valence-corrected chi connectivity index (χ4v) is 3.94. The zero-order valence-corrected chi connectivity index (χ0v) is 12.4. The van der Waals surface area contributed by atoms with Gasteiger partial charge < -0.3 is 5.32 Å². The van der Waals surface area contributed by atoms with Crippen molar-refractivity contribution in [2.75, 3.05) is 11.8 Å². The van der Waals surface area contributed by atoms with Crippen molar-refractivity contribution in [3.05, 3.63) is 45.9 Å². The second-order valence-electron chi connectivity index (χ2n) is 4.13. The molecule has 4 nitrogen and oxygen atoms in total. The number of hydrogen-bond donors (Lipinski definition) is 2. The summed E-state index contributed by atoms with van der Waals surface area (Å²) in [5.41, 5.74) is -0.770. The largest absolute Gasteiger partial charge is 0.315 e. The molecule has 0 amide bonds. The lowest BCUT2D eigenvalue weighted by Crippen LogP contribution is -2.14. The summed E-state index contributed by atoms with van der Waals surface area (Å²) in [5, 5.41) is 4.22. The number of rotatable bonds is 5. The number of anilines is 1. The Kier molecular flexibility index (Phi) is 4.55. The average Bonchev–Trinajstić information content (AvgIpc) is 2.85. The molecule has 2 N–H and O–H groups in total. The highest BCUT2D eigenvalue weighted by Gasteiger charge is 2.20. The predicted molar refractivity (Wildman–Crippen MR) is 74.2 cm³/mol. The van der Waals surface area contributed by atoms with Crippen molar-refractivity contribution in [2.45, 2.75) is 11.4 Å². The van der Waals surface area contributed by atoms with E-state index in [0.717, 1.165) is 4.88 Å². The number of benzene rings is 1.